The lowest BCUT2D eigenvalue weighted by atomic mass is 9.98. The van der Waals surface area contributed by atoms with Crippen LogP contribution in [0, 0.1) is 13.8 Å². The maximum atomic E-state index is 12.4. The largest absolute Gasteiger partial charge is 0.294 e. The van der Waals surface area contributed by atoms with Crippen molar-refractivity contribution in [1.29, 1.82) is 0 Å². The molecule has 1 aliphatic rings. The van der Waals surface area contributed by atoms with Gasteiger partial charge in [-0.25, -0.2) is 0 Å². The summed E-state index contributed by atoms with van der Waals surface area (Å²) in [6.07, 6.45) is 2.45. The minimum Gasteiger partial charge on any atom is -0.294 e. The van der Waals surface area contributed by atoms with E-state index in [1.165, 1.54) is 18.4 Å². The molecule has 0 aromatic heterocycles. The van der Waals surface area contributed by atoms with E-state index >= 15 is 0 Å². The van der Waals surface area contributed by atoms with Gasteiger partial charge in [-0.1, -0.05) is 23.8 Å². The second-order valence-corrected chi connectivity index (χ2v) is 5.10. The molecule has 2 rings (SSSR count). The highest BCUT2D eigenvalue weighted by Crippen LogP contribution is 2.18. The topological polar surface area (TPSA) is 20.3 Å². The number of rotatable bonds is 3. The molecule has 1 heterocycles. The lowest BCUT2D eigenvalue weighted by molar-refractivity contribution is 0.0866. The van der Waals surface area contributed by atoms with Gasteiger partial charge in [0.15, 0.2) is 5.78 Å². The van der Waals surface area contributed by atoms with E-state index in [4.69, 9.17) is 0 Å². The van der Waals surface area contributed by atoms with Gasteiger partial charge in [0.05, 0.1) is 6.04 Å². The van der Waals surface area contributed by atoms with Gasteiger partial charge in [-0.15, -0.1) is 0 Å². The van der Waals surface area contributed by atoms with Crippen molar-refractivity contribution in [1.82, 2.24) is 4.90 Å². The van der Waals surface area contributed by atoms with Crippen molar-refractivity contribution in [2.45, 2.75) is 39.7 Å². The second-order valence-electron chi connectivity index (χ2n) is 5.10. The van der Waals surface area contributed by atoms with Crippen LogP contribution in [0.4, 0.5) is 0 Å². The average Bonchev–Trinajstić information content (AvgIpc) is 2.80. The molecule has 2 heteroatoms. The summed E-state index contributed by atoms with van der Waals surface area (Å²) in [6, 6.07) is 6.11. The van der Waals surface area contributed by atoms with Gasteiger partial charge >= 0.3 is 0 Å². The number of nitrogens with zero attached hydrogens (tertiary/aromatic N) is 1. The molecule has 0 aliphatic carbocycles. The molecular weight excluding hydrogens is 210 g/mol. The Kier molecular flexibility index (Phi) is 3.63. The number of carbonyl (C=O) groups excluding carboxylic acids is 1. The smallest absolute Gasteiger partial charge is 0.179 e. The van der Waals surface area contributed by atoms with E-state index in [2.05, 4.69) is 17.9 Å². The summed E-state index contributed by atoms with van der Waals surface area (Å²) in [5.41, 5.74) is 3.20. The number of carbonyl (C=O) groups is 1. The van der Waals surface area contributed by atoms with Gasteiger partial charge in [0.25, 0.3) is 0 Å². The van der Waals surface area contributed by atoms with Crippen LogP contribution in [-0.2, 0) is 0 Å². The zero-order valence-corrected chi connectivity index (χ0v) is 11.0. The Bertz CT molecular complexity index is 419. The predicted octanol–water partition coefficient (Wildman–Crippen LogP) is 2.97. The number of hydrogen-bond donors (Lipinski definition) is 0. The third kappa shape index (κ3) is 2.58. The van der Waals surface area contributed by atoms with Crippen LogP contribution < -0.4 is 0 Å². The van der Waals surface area contributed by atoms with Gasteiger partial charge in [0.1, 0.15) is 0 Å². The first kappa shape index (κ1) is 12.3. The van der Waals surface area contributed by atoms with Crippen molar-refractivity contribution < 1.29 is 4.79 Å². The number of ketones is 1. The Morgan fingerprint density at radius 2 is 1.88 bits per heavy atom. The van der Waals surface area contributed by atoms with Gasteiger partial charge in [-0.05, 0) is 52.3 Å². The summed E-state index contributed by atoms with van der Waals surface area (Å²) in [6.45, 7) is 8.25. The fraction of sp³-hybridized carbons (Fsp3) is 0.533. The molecule has 0 N–H and O–H groups in total. The lowest BCUT2D eigenvalue weighted by Gasteiger charge is -2.23. The zero-order chi connectivity index (χ0) is 12.4. The first-order valence-corrected chi connectivity index (χ1v) is 6.45. The van der Waals surface area contributed by atoms with Crippen LogP contribution in [0.1, 0.15) is 41.3 Å². The van der Waals surface area contributed by atoms with E-state index in [-0.39, 0.29) is 11.8 Å². The SMILES string of the molecule is Cc1ccc(C(=O)C(C)N2CCCC2)c(C)c1. The highest BCUT2D eigenvalue weighted by molar-refractivity contribution is 6.01. The van der Waals surface area contributed by atoms with Crippen LogP contribution in [0.3, 0.4) is 0 Å². The van der Waals surface area contributed by atoms with Crippen LogP contribution in [0.25, 0.3) is 0 Å². The Labute approximate surface area is 104 Å². The number of aryl methyl sites for hydroxylation is 2. The van der Waals surface area contributed by atoms with E-state index in [0.717, 1.165) is 24.2 Å². The van der Waals surface area contributed by atoms with E-state index in [1.54, 1.807) is 0 Å². The molecule has 92 valence electrons. The van der Waals surface area contributed by atoms with Crippen molar-refractivity contribution in [3.05, 3.63) is 34.9 Å². The van der Waals surface area contributed by atoms with Gasteiger partial charge in [-0.3, -0.25) is 9.69 Å². The Morgan fingerprint density at radius 3 is 2.47 bits per heavy atom. The van der Waals surface area contributed by atoms with E-state index in [0.29, 0.717) is 0 Å². The molecule has 0 spiro atoms. The molecule has 1 atom stereocenters. The van der Waals surface area contributed by atoms with Crippen LogP contribution in [0.15, 0.2) is 18.2 Å². The van der Waals surface area contributed by atoms with Gasteiger partial charge in [0, 0.05) is 5.56 Å². The Morgan fingerprint density at radius 1 is 1.24 bits per heavy atom. The number of likely N-dealkylation sites (tertiary alicyclic amines) is 1. The first-order chi connectivity index (χ1) is 8.09. The summed E-state index contributed by atoms with van der Waals surface area (Å²) < 4.78 is 0. The number of hydrogen-bond acceptors (Lipinski definition) is 2. The van der Waals surface area contributed by atoms with E-state index in [9.17, 15) is 4.79 Å². The molecule has 1 saturated heterocycles. The summed E-state index contributed by atoms with van der Waals surface area (Å²) in [7, 11) is 0. The van der Waals surface area contributed by atoms with Crippen LogP contribution in [0.2, 0.25) is 0 Å². The molecule has 0 saturated carbocycles. The van der Waals surface area contributed by atoms with Gasteiger partial charge < -0.3 is 0 Å². The molecular formula is C15H21NO. The normalized spacial score (nSPS) is 18.3. The summed E-state index contributed by atoms with van der Waals surface area (Å²) in [4.78, 5) is 14.7. The summed E-state index contributed by atoms with van der Waals surface area (Å²) in [5, 5.41) is 0. The number of Topliss-reactive ketones (excluding diaryl/α,β-unsaturated/α-hetero) is 1. The van der Waals surface area contributed by atoms with Gasteiger partial charge in [0.2, 0.25) is 0 Å². The van der Waals surface area contributed by atoms with Gasteiger partial charge in [-0.2, -0.15) is 0 Å². The molecule has 1 aliphatic heterocycles. The molecule has 1 aromatic carbocycles. The molecule has 2 nitrogen and oxygen atoms in total. The molecule has 1 unspecified atom stereocenters. The van der Waals surface area contributed by atoms with E-state index < -0.39 is 0 Å². The minimum absolute atomic E-state index is 0.0268. The van der Waals surface area contributed by atoms with Crippen LogP contribution in [-0.4, -0.2) is 29.8 Å². The fourth-order valence-electron chi connectivity index (χ4n) is 2.61. The van der Waals surface area contributed by atoms with Crippen molar-refractivity contribution >= 4 is 5.78 Å². The maximum Gasteiger partial charge on any atom is 0.179 e. The van der Waals surface area contributed by atoms with Crippen molar-refractivity contribution in [3.63, 3.8) is 0 Å². The monoisotopic (exact) mass is 231 g/mol. The Hall–Kier alpha value is -1.15. The highest BCUT2D eigenvalue weighted by atomic mass is 16.1. The molecule has 1 fully saturated rings. The number of benzene rings is 1. The van der Waals surface area contributed by atoms with Crippen LogP contribution >= 0.6 is 0 Å². The maximum absolute atomic E-state index is 12.4. The quantitative estimate of drug-likeness (QED) is 0.745. The molecule has 1 aromatic rings. The first-order valence-electron chi connectivity index (χ1n) is 6.45. The summed E-state index contributed by atoms with van der Waals surface area (Å²) >= 11 is 0. The second kappa shape index (κ2) is 5.01. The van der Waals surface area contributed by atoms with Crippen molar-refractivity contribution in [2.75, 3.05) is 13.1 Å². The summed E-state index contributed by atoms with van der Waals surface area (Å²) in [5.74, 6) is 0.268. The van der Waals surface area contributed by atoms with Crippen LogP contribution in [0.5, 0.6) is 0 Å². The fourth-order valence-corrected chi connectivity index (χ4v) is 2.61. The molecule has 0 bridgehead atoms. The lowest BCUT2D eigenvalue weighted by Crippen LogP contribution is -2.37. The average molecular weight is 231 g/mol. The van der Waals surface area contributed by atoms with Crippen molar-refractivity contribution in [3.8, 4) is 0 Å². The third-order valence-corrected chi connectivity index (χ3v) is 3.72. The zero-order valence-electron chi connectivity index (χ0n) is 11.0. The molecule has 0 radical (unpaired) electrons. The third-order valence-electron chi connectivity index (χ3n) is 3.72. The van der Waals surface area contributed by atoms with E-state index in [1.807, 2.05) is 26.0 Å². The molecule has 0 amide bonds. The minimum atomic E-state index is 0.0268. The van der Waals surface area contributed by atoms with Crippen molar-refractivity contribution in [2.24, 2.45) is 0 Å². The Balaban J connectivity index is 2.18. The molecule has 17 heavy (non-hydrogen) atoms. The standard InChI is InChI=1S/C15H21NO/c1-11-6-7-14(12(2)10-11)15(17)13(3)16-8-4-5-9-16/h6-7,10,13H,4-5,8-9H2,1-3H3. The predicted molar refractivity (Wildman–Crippen MR) is 70.5 cm³/mol. The highest BCUT2D eigenvalue weighted by Gasteiger charge is 2.25.